The quantitative estimate of drug-likeness (QED) is 0.566. The number of amides is 1. The highest BCUT2D eigenvalue weighted by Gasteiger charge is 2.43. The number of aromatic nitrogens is 2. The predicted octanol–water partition coefficient (Wildman–Crippen LogP) is 3.62. The van der Waals surface area contributed by atoms with Gasteiger partial charge in [0.2, 0.25) is 0 Å². The number of hydrogen-bond donors (Lipinski definition) is 2. The SMILES string of the molecule is CC(C)(C)OC(=O)[C@H](Nc1cnsn1)[C@H]1CN(c2ccc(C3=CCNCC3)c(F)c2)C(=O)O1.Cl. The van der Waals surface area contributed by atoms with Gasteiger partial charge in [-0.1, -0.05) is 6.08 Å². The summed E-state index contributed by atoms with van der Waals surface area (Å²) in [5, 5.41) is 6.15. The predicted molar refractivity (Wildman–Crippen MR) is 130 cm³/mol. The summed E-state index contributed by atoms with van der Waals surface area (Å²) in [5.41, 5.74) is 1.08. The molecular formula is C22H27ClFN5O4S. The van der Waals surface area contributed by atoms with E-state index in [0.29, 0.717) is 23.6 Å². The molecule has 3 heterocycles. The highest BCUT2D eigenvalue weighted by molar-refractivity contribution is 6.99. The zero-order valence-corrected chi connectivity index (χ0v) is 20.7. The smallest absolute Gasteiger partial charge is 0.414 e. The topological polar surface area (TPSA) is 106 Å². The Morgan fingerprint density at radius 3 is 2.82 bits per heavy atom. The van der Waals surface area contributed by atoms with Crippen molar-refractivity contribution in [2.45, 2.75) is 44.9 Å². The van der Waals surface area contributed by atoms with Crippen molar-refractivity contribution in [2.24, 2.45) is 0 Å². The van der Waals surface area contributed by atoms with Gasteiger partial charge < -0.3 is 20.1 Å². The highest BCUT2D eigenvalue weighted by atomic mass is 35.5. The van der Waals surface area contributed by atoms with Crippen LogP contribution < -0.4 is 15.5 Å². The van der Waals surface area contributed by atoms with Gasteiger partial charge in [0.1, 0.15) is 11.4 Å². The molecule has 184 valence electrons. The molecular weight excluding hydrogens is 485 g/mol. The summed E-state index contributed by atoms with van der Waals surface area (Å²) in [6.45, 7) is 6.79. The Balaban J connectivity index is 0.00000324. The van der Waals surface area contributed by atoms with Crippen molar-refractivity contribution >= 4 is 53.3 Å². The van der Waals surface area contributed by atoms with Crippen LogP contribution in [0.3, 0.4) is 0 Å². The number of carbonyl (C=O) groups excluding carboxylic acids is 2. The minimum absolute atomic E-state index is 0. The second-order valence-corrected chi connectivity index (χ2v) is 9.39. The van der Waals surface area contributed by atoms with Crippen molar-refractivity contribution < 1.29 is 23.5 Å². The summed E-state index contributed by atoms with van der Waals surface area (Å²) in [5.74, 6) is -0.627. The van der Waals surface area contributed by atoms with Crippen LogP contribution in [0, 0.1) is 5.82 Å². The molecule has 1 saturated heterocycles. The number of hydrogen-bond acceptors (Lipinski definition) is 9. The molecule has 0 saturated carbocycles. The monoisotopic (exact) mass is 511 g/mol. The Hall–Kier alpha value is -2.76. The first-order valence-corrected chi connectivity index (χ1v) is 11.4. The lowest BCUT2D eigenvalue weighted by atomic mass is 9.99. The van der Waals surface area contributed by atoms with Gasteiger partial charge in [-0.25, -0.2) is 14.0 Å². The molecule has 2 N–H and O–H groups in total. The van der Waals surface area contributed by atoms with Gasteiger partial charge in [0.05, 0.1) is 30.2 Å². The molecule has 1 aromatic carbocycles. The van der Waals surface area contributed by atoms with Crippen LogP contribution in [0.25, 0.3) is 5.57 Å². The first-order chi connectivity index (χ1) is 15.7. The molecule has 0 aliphatic carbocycles. The largest absolute Gasteiger partial charge is 0.458 e. The third kappa shape index (κ3) is 6.02. The maximum absolute atomic E-state index is 14.9. The van der Waals surface area contributed by atoms with Gasteiger partial charge in [-0.3, -0.25) is 4.90 Å². The molecule has 2 atom stereocenters. The van der Waals surface area contributed by atoms with Crippen LogP contribution in [0.2, 0.25) is 0 Å². The Labute approximate surface area is 207 Å². The highest BCUT2D eigenvalue weighted by Crippen LogP contribution is 2.30. The fourth-order valence-corrected chi connectivity index (χ4v) is 4.11. The second-order valence-electron chi connectivity index (χ2n) is 8.83. The van der Waals surface area contributed by atoms with Gasteiger partial charge in [-0.05, 0) is 57.5 Å². The van der Waals surface area contributed by atoms with E-state index >= 15 is 0 Å². The van der Waals surface area contributed by atoms with Gasteiger partial charge in [-0.15, -0.1) is 12.4 Å². The number of carbonyl (C=O) groups is 2. The molecule has 1 aromatic heterocycles. The fourth-order valence-electron chi connectivity index (χ4n) is 3.73. The van der Waals surface area contributed by atoms with Crippen LogP contribution in [0.1, 0.15) is 32.8 Å². The average Bonchev–Trinajstić information content (AvgIpc) is 3.40. The van der Waals surface area contributed by atoms with Crippen molar-refractivity contribution in [3.05, 3.63) is 41.9 Å². The van der Waals surface area contributed by atoms with Crippen molar-refractivity contribution in [1.82, 2.24) is 14.1 Å². The van der Waals surface area contributed by atoms with E-state index in [-0.39, 0.29) is 19.0 Å². The molecule has 0 radical (unpaired) electrons. The maximum Gasteiger partial charge on any atom is 0.414 e. The standard InChI is InChI=1S/C22H26FN5O4S.ClH/c1-22(2,3)32-20(29)19(26-18-11-25-33-27-18)17-12-28(21(30)31-17)14-4-5-15(16(23)10-14)13-6-8-24-9-7-13;/h4-6,10-11,17,19,24H,7-9,12H2,1-3H3,(H,26,27);1H/t17-,19-;/m1./s1. The molecule has 2 aliphatic rings. The number of anilines is 2. The Morgan fingerprint density at radius 1 is 1.41 bits per heavy atom. The molecule has 4 rings (SSSR count). The summed E-state index contributed by atoms with van der Waals surface area (Å²) in [6.07, 6.45) is 2.63. The molecule has 0 unspecified atom stereocenters. The number of nitrogens with one attached hydrogen (secondary N) is 2. The van der Waals surface area contributed by atoms with Gasteiger partial charge in [0, 0.05) is 12.1 Å². The maximum atomic E-state index is 14.9. The van der Waals surface area contributed by atoms with E-state index in [2.05, 4.69) is 19.4 Å². The Bertz CT molecular complexity index is 1060. The summed E-state index contributed by atoms with van der Waals surface area (Å²) in [4.78, 5) is 26.9. The molecule has 2 aromatic rings. The summed E-state index contributed by atoms with van der Waals surface area (Å²) in [6, 6.07) is 3.67. The van der Waals surface area contributed by atoms with E-state index in [9.17, 15) is 14.0 Å². The second kappa shape index (κ2) is 10.7. The van der Waals surface area contributed by atoms with Crippen LogP contribution in [0.5, 0.6) is 0 Å². The van der Waals surface area contributed by atoms with E-state index in [1.165, 1.54) is 17.2 Å². The van der Waals surface area contributed by atoms with Crippen molar-refractivity contribution in [3.8, 4) is 0 Å². The summed E-state index contributed by atoms with van der Waals surface area (Å²) in [7, 11) is 0. The Morgan fingerprint density at radius 2 is 2.21 bits per heavy atom. The van der Waals surface area contributed by atoms with Gasteiger partial charge in [-0.2, -0.15) is 8.75 Å². The van der Waals surface area contributed by atoms with Gasteiger partial charge in [0.25, 0.3) is 0 Å². The number of rotatable bonds is 6. The number of cyclic esters (lactones) is 1. The molecule has 2 aliphatic heterocycles. The first kappa shape index (κ1) is 25.9. The minimum atomic E-state index is -1.01. The van der Waals surface area contributed by atoms with E-state index in [1.54, 1.807) is 32.9 Å². The first-order valence-electron chi connectivity index (χ1n) is 10.7. The molecule has 34 heavy (non-hydrogen) atoms. The summed E-state index contributed by atoms with van der Waals surface area (Å²) >= 11 is 0.979. The lowest BCUT2D eigenvalue weighted by Crippen LogP contribution is -2.46. The van der Waals surface area contributed by atoms with Crippen LogP contribution >= 0.6 is 24.1 Å². The van der Waals surface area contributed by atoms with Crippen molar-refractivity contribution in [2.75, 3.05) is 29.9 Å². The molecule has 0 spiro atoms. The molecule has 9 nitrogen and oxygen atoms in total. The van der Waals surface area contributed by atoms with E-state index in [1.807, 2.05) is 6.08 Å². The average molecular weight is 512 g/mol. The van der Waals surface area contributed by atoms with Crippen LogP contribution in [0.4, 0.5) is 20.7 Å². The molecule has 1 fully saturated rings. The van der Waals surface area contributed by atoms with E-state index in [0.717, 1.165) is 30.3 Å². The molecule has 1 amide bonds. The van der Waals surface area contributed by atoms with E-state index in [4.69, 9.17) is 9.47 Å². The van der Waals surface area contributed by atoms with Crippen molar-refractivity contribution in [3.63, 3.8) is 0 Å². The Kier molecular flexibility index (Phi) is 8.11. The third-order valence-corrected chi connectivity index (χ3v) is 5.68. The molecule has 12 heteroatoms. The number of esters is 1. The van der Waals surface area contributed by atoms with Crippen LogP contribution in [-0.2, 0) is 14.3 Å². The van der Waals surface area contributed by atoms with Crippen molar-refractivity contribution in [1.29, 1.82) is 0 Å². The minimum Gasteiger partial charge on any atom is -0.458 e. The number of benzene rings is 1. The summed E-state index contributed by atoms with van der Waals surface area (Å²) < 4.78 is 33.9. The molecule has 0 bridgehead atoms. The van der Waals surface area contributed by atoms with Crippen LogP contribution in [0.15, 0.2) is 30.5 Å². The van der Waals surface area contributed by atoms with E-state index < -0.39 is 35.6 Å². The van der Waals surface area contributed by atoms with Crippen LogP contribution in [-0.4, -0.2) is 58.2 Å². The van der Waals surface area contributed by atoms with Gasteiger partial charge in [0.15, 0.2) is 18.0 Å². The number of halogens is 2. The van der Waals surface area contributed by atoms with Gasteiger partial charge >= 0.3 is 12.1 Å². The zero-order chi connectivity index (χ0) is 23.6. The lowest BCUT2D eigenvalue weighted by molar-refractivity contribution is -0.157. The third-order valence-electron chi connectivity index (χ3n) is 5.21. The normalized spacial score (nSPS) is 19.1. The number of ether oxygens (including phenoxy) is 2. The fraction of sp³-hybridized carbons (Fsp3) is 0.455. The lowest BCUT2D eigenvalue weighted by Gasteiger charge is -2.26. The number of nitrogens with zero attached hydrogens (tertiary/aromatic N) is 3. The zero-order valence-electron chi connectivity index (χ0n) is 19.0.